The predicted octanol–water partition coefficient (Wildman–Crippen LogP) is 5.73. The second-order valence-corrected chi connectivity index (χ2v) is 9.05. The molecule has 1 aromatic heterocycles. The van der Waals surface area contributed by atoms with Crippen LogP contribution >= 0.6 is 75.3 Å². The van der Waals surface area contributed by atoms with E-state index in [1.54, 1.807) is 0 Å². The molecule has 1 amide bonds. The van der Waals surface area contributed by atoms with Gasteiger partial charge in [-0.15, -0.1) is 21.5 Å². The van der Waals surface area contributed by atoms with Crippen molar-refractivity contribution in [3.05, 3.63) is 58.1 Å². The zero-order chi connectivity index (χ0) is 19.9. The molecule has 0 aliphatic rings. The third-order valence-electron chi connectivity index (χ3n) is 3.79. The number of carbonyl (C=O) groups is 1. The lowest BCUT2D eigenvalue weighted by Crippen LogP contribution is -2.36. The molecule has 0 saturated carbocycles. The van der Waals surface area contributed by atoms with Crippen LogP contribution in [0.1, 0.15) is 5.56 Å². The van der Waals surface area contributed by atoms with Crippen molar-refractivity contribution < 1.29 is 4.79 Å². The number of nitrogens with zero attached hydrogens (tertiary/aromatic N) is 2. The summed E-state index contributed by atoms with van der Waals surface area (Å²) in [4.78, 5) is 25.7. The molecular formula is C17H10Br4ClN3O2. The third kappa shape index (κ3) is 3.89. The van der Waals surface area contributed by atoms with Crippen molar-refractivity contribution in [1.29, 1.82) is 0 Å². The van der Waals surface area contributed by atoms with Crippen molar-refractivity contribution in [2.75, 3.05) is 11.3 Å². The van der Waals surface area contributed by atoms with Crippen molar-refractivity contribution in [3.63, 3.8) is 0 Å². The van der Waals surface area contributed by atoms with E-state index in [4.69, 9.17) is 11.6 Å². The second kappa shape index (κ2) is 8.32. The summed E-state index contributed by atoms with van der Waals surface area (Å²) in [7, 11) is 0. The minimum absolute atomic E-state index is 0.291. The van der Waals surface area contributed by atoms with E-state index in [1.807, 2.05) is 31.2 Å². The number of halogens is 5. The molecule has 1 N–H and O–H groups in total. The lowest BCUT2D eigenvalue weighted by atomic mass is 10.0. The fourth-order valence-corrected chi connectivity index (χ4v) is 5.03. The van der Waals surface area contributed by atoms with Gasteiger partial charge < -0.3 is 0 Å². The molecule has 140 valence electrons. The molecule has 0 atom stereocenters. The number of alkyl halides is 1. The minimum Gasteiger partial charge on any atom is -0.272 e. The Kier molecular flexibility index (Phi) is 6.47. The normalized spacial score (nSPS) is 11.0. The number of hydrogen-bond acceptors (Lipinski definition) is 3. The van der Waals surface area contributed by atoms with Crippen LogP contribution in [0.3, 0.4) is 0 Å². The number of amides is 1. The number of carbonyl (C=O) groups excluding carboxylic acids is 1. The number of nitrogens with one attached hydrogen (secondary N) is 1. The van der Waals surface area contributed by atoms with Crippen LogP contribution in [0.5, 0.6) is 0 Å². The van der Waals surface area contributed by atoms with E-state index in [0.29, 0.717) is 29.9 Å². The van der Waals surface area contributed by atoms with Crippen molar-refractivity contribution >= 4 is 92.0 Å². The first-order valence-electron chi connectivity index (χ1n) is 7.48. The Morgan fingerprint density at radius 3 is 2.15 bits per heavy atom. The van der Waals surface area contributed by atoms with Gasteiger partial charge in [0, 0.05) is 28.8 Å². The molecule has 5 nitrogen and oxygen atoms in total. The quantitative estimate of drug-likeness (QED) is 0.226. The number of rotatable bonds is 3. The molecule has 3 aromatic rings. The van der Waals surface area contributed by atoms with Gasteiger partial charge in [0.25, 0.3) is 11.5 Å². The van der Waals surface area contributed by atoms with Gasteiger partial charge in [0.2, 0.25) is 0 Å². The molecule has 0 fully saturated rings. The topological polar surface area (TPSA) is 64.0 Å². The van der Waals surface area contributed by atoms with Crippen LogP contribution < -0.4 is 11.0 Å². The van der Waals surface area contributed by atoms with Crippen LogP contribution in [0.25, 0.3) is 22.0 Å². The van der Waals surface area contributed by atoms with Crippen molar-refractivity contribution in [2.45, 2.75) is 6.92 Å². The van der Waals surface area contributed by atoms with Gasteiger partial charge in [-0.1, -0.05) is 29.8 Å². The number of aromatic nitrogens is 2. The van der Waals surface area contributed by atoms with Crippen LogP contribution in [0.4, 0.5) is 0 Å². The zero-order valence-corrected chi connectivity index (χ0v) is 20.7. The minimum atomic E-state index is -0.535. The summed E-state index contributed by atoms with van der Waals surface area (Å²) in [6.45, 7) is 1.98. The van der Waals surface area contributed by atoms with E-state index in [9.17, 15) is 9.59 Å². The smallest absolute Gasteiger partial charge is 0.272 e. The van der Waals surface area contributed by atoms with Gasteiger partial charge in [0.1, 0.15) is 11.6 Å². The Hall–Kier alpha value is -0.740. The van der Waals surface area contributed by atoms with Crippen molar-refractivity contribution in [3.8, 4) is 11.3 Å². The van der Waals surface area contributed by atoms with E-state index in [0.717, 1.165) is 20.4 Å². The first-order valence-corrected chi connectivity index (χ1v) is 11.2. The molecule has 0 radical (unpaired) electrons. The van der Waals surface area contributed by atoms with E-state index in [2.05, 4.69) is 74.2 Å². The lowest BCUT2D eigenvalue weighted by Gasteiger charge is -2.16. The highest BCUT2D eigenvalue weighted by Crippen LogP contribution is 2.44. The highest BCUT2D eigenvalue weighted by Gasteiger charge is 2.23. The van der Waals surface area contributed by atoms with Gasteiger partial charge in [0.15, 0.2) is 0 Å². The maximum Gasteiger partial charge on any atom is 0.295 e. The molecule has 0 unspecified atom stereocenters. The monoisotopic (exact) mass is 639 g/mol. The van der Waals surface area contributed by atoms with Gasteiger partial charge >= 0.3 is 0 Å². The first kappa shape index (κ1) is 21.0. The summed E-state index contributed by atoms with van der Waals surface area (Å²) in [5.74, 6) is -0.826. The number of aryl methyl sites for hydroxylation is 1. The van der Waals surface area contributed by atoms with Crippen molar-refractivity contribution in [2.24, 2.45) is 0 Å². The first-order chi connectivity index (χ1) is 12.8. The summed E-state index contributed by atoms with van der Waals surface area (Å²) in [5, 5.41) is 5.36. The van der Waals surface area contributed by atoms with Gasteiger partial charge in [-0.05, 0) is 70.6 Å². The summed E-state index contributed by atoms with van der Waals surface area (Å²) < 4.78 is 2.61. The third-order valence-corrected chi connectivity index (χ3v) is 8.80. The average molecular weight is 643 g/mol. The van der Waals surface area contributed by atoms with Crippen molar-refractivity contribution in [1.82, 2.24) is 9.89 Å². The van der Waals surface area contributed by atoms with Crippen LogP contribution in [-0.4, -0.2) is 21.7 Å². The molecule has 0 bridgehead atoms. The summed E-state index contributed by atoms with van der Waals surface area (Å²) >= 11 is 19.6. The fraction of sp³-hybridized carbons (Fsp3) is 0.118. The van der Waals surface area contributed by atoms with Crippen LogP contribution in [0.2, 0.25) is 0 Å². The Morgan fingerprint density at radius 2 is 1.59 bits per heavy atom. The SMILES string of the molecule is Cc1ccc(-c2nn(NC(=O)CCl)c(=O)c3c(Br)c(Br)c(Br)c(Br)c23)cc1. The average Bonchev–Trinajstić information content (AvgIpc) is 2.66. The Morgan fingerprint density at radius 1 is 1.04 bits per heavy atom. The molecule has 1 heterocycles. The summed E-state index contributed by atoms with van der Waals surface area (Å²) in [6, 6.07) is 7.72. The molecule has 0 aliphatic carbocycles. The Bertz CT molecular complexity index is 1130. The Labute approximate surface area is 192 Å². The number of benzene rings is 2. The van der Waals surface area contributed by atoms with Crippen LogP contribution in [0, 0.1) is 6.92 Å². The molecule has 27 heavy (non-hydrogen) atoms. The molecule has 2 aromatic carbocycles. The second-order valence-electron chi connectivity index (χ2n) is 5.61. The van der Waals surface area contributed by atoms with E-state index >= 15 is 0 Å². The molecule has 10 heteroatoms. The molecule has 0 saturated heterocycles. The maximum absolute atomic E-state index is 13.0. The number of hydrogen-bond donors (Lipinski definition) is 1. The van der Waals surface area contributed by atoms with E-state index in [-0.39, 0.29) is 5.88 Å². The van der Waals surface area contributed by atoms with Gasteiger partial charge in [-0.2, -0.15) is 0 Å². The predicted molar refractivity (Wildman–Crippen MR) is 122 cm³/mol. The van der Waals surface area contributed by atoms with Gasteiger partial charge in [-0.3, -0.25) is 9.59 Å². The van der Waals surface area contributed by atoms with Crippen LogP contribution in [-0.2, 0) is 4.79 Å². The highest BCUT2D eigenvalue weighted by molar-refractivity contribution is 9.15. The summed E-state index contributed by atoms with van der Waals surface area (Å²) in [6.07, 6.45) is 0. The van der Waals surface area contributed by atoms with Gasteiger partial charge in [0.05, 0.1) is 5.39 Å². The molecular weight excluding hydrogens is 633 g/mol. The molecule has 3 rings (SSSR count). The van der Waals surface area contributed by atoms with Crippen LogP contribution in [0.15, 0.2) is 47.0 Å². The van der Waals surface area contributed by atoms with Gasteiger partial charge in [-0.25, -0.2) is 5.43 Å². The molecule has 0 spiro atoms. The molecule has 0 aliphatic heterocycles. The lowest BCUT2D eigenvalue weighted by molar-refractivity contribution is -0.114. The standard InChI is InChI=1S/C17H10Br4ClN3O2/c1-7-2-4-8(5-3-7)16-10-11(13(19)15(21)14(20)12(10)18)17(27)25(24-16)23-9(26)6-22/h2-5H,6H2,1H3,(H,23,26). The zero-order valence-electron chi connectivity index (χ0n) is 13.6. The Balaban J connectivity index is 2.48. The number of fused-ring (bicyclic) bond motifs is 1. The maximum atomic E-state index is 13.0. The van der Waals surface area contributed by atoms with E-state index < -0.39 is 11.5 Å². The summed E-state index contributed by atoms with van der Waals surface area (Å²) in [5.41, 5.74) is 4.34. The fourth-order valence-electron chi connectivity index (χ4n) is 2.49. The largest absolute Gasteiger partial charge is 0.295 e. The highest BCUT2D eigenvalue weighted by atomic mass is 79.9. The van der Waals surface area contributed by atoms with E-state index in [1.165, 1.54) is 0 Å².